The van der Waals surface area contributed by atoms with Crippen LogP contribution in [0.25, 0.3) is 0 Å². The first-order chi connectivity index (χ1) is 10.2. The number of nitrogens with zero attached hydrogens (tertiary/aromatic N) is 2. The minimum atomic E-state index is 0.0000534. The van der Waals surface area contributed by atoms with Crippen molar-refractivity contribution < 1.29 is 4.79 Å². The predicted octanol–water partition coefficient (Wildman–Crippen LogP) is 1.57. The van der Waals surface area contributed by atoms with Gasteiger partial charge in [-0.15, -0.1) is 0 Å². The van der Waals surface area contributed by atoms with Gasteiger partial charge in [-0.05, 0) is 50.2 Å². The van der Waals surface area contributed by atoms with Crippen LogP contribution in [0.3, 0.4) is 0 Å². The Balaban J connectivity index is 1.90. The van der Waals surface area contributed by atoms with E-state index in [0.717, 1.165) is 38.2 Å². The number of benzene rings is 1. The number of carbonyl (C=O) groups excluding carboxylic acids is 1. The second kappa shape index (κ2) is 7.77. The highest BCUT2D eigenvalue weighted by Crippen LogP contribution is 2.11. The Hall–Kier alpha value is -1.90. The molecule has 112 valence electrons. The average molecular weight is 286 g/mol. The number of carbonyl (C=O) groups is 1. The molecule has 1 aliphatic rings. The third kappa shape index (κ3) is 4.55. The molecule has 0 aromatic heterocycles. The van der Waals surface area contributed by atoms with Crippen LogP contribution >= 0.6 is 0 Å². The molecule has 1 unspecified atom stereocenters. The first-order valence-corrected chi connectivity index (χ1v) is 7.47. The number of anilines is 1. The molecule has 21 heavy (non-hydrogen) atoms. The maximum atomic E-state index is 12.2. The van der Waals surface area contributed by atoms with E-state index in [1.165, 1.54) is 0 Å². The summed E-state index contributed by atoms with van der Waals surface area (Å²) in [5.41, 5.74) is 1.33. The minimum absolute atomic E-state index is 0.0000534. The highest BCUT2D eigenvalue weighted by atomic mass is 16.2. The van der Waals surface area contributed by atoms with Gasteiger partial charge in [0.25, 0.3) is 0 Å². The quantitative estimate of drug-likeness (QED) is 0.833. The first kappa shape index (κ1) is 15.5. The molecule has 1 fully saturated rings. The number of nitriles is 1. The molecule has 1 atom stereocenters. The largest absolute Gasteiger partial charge is 0.325 e. The summed E-state index contributed by atoms with van der Waals surface area (Å²) < 4.78 is 0. The molecule has 1 amide bonds. The van der Waals surface area contributed by atoms with E-state index in [2.05, 4.69) is 28.5 Å². The van der Waals surface area contributed by atoms with Gasteiger partial charge >= 0.3 is 0 Å². The van der Waals surface area contributed by atoms with E-state index in [1.807, 2.05) is 0 Å². The van der Waals surface area contributed by atoms with E-state index < -0.39 is 0 Å². The maximum absolute atomic E-state index is 12.2. The van der Waals surface area contributed by atoms with Crippen molar-refractivity contribution in [1.29, 1.82) is 5.26 Å². The fraction of sp³-hybridized carbons (Fsp3) is 0.500. The highest BCUT2D eigenvalue weighted by molar-refractivity contribution is 5.92. The number of amides is 1. The Morgan fingerprint density at radius 1 is 1.48 bits per heavy atom. The van der Waals surface area contributed by atoms with E-state index in [4.69, 9.17) is 5.26 Å². The van der Waals surface area contributed by atoms with Crippen LogP contribution in [0.2, 0.25) is 0 Å². The number of nitrogens with one attached hydrogen (secondary N) is 2. The van der Waals surface area contributed by atoms with Gasteiger partial charge in [0.05, 0.1) is 18.2 Å². The van der Waals surface area contributed by atoms with Crippen molar-refractivity contribution in [2.75, 3.05) is 31.5 Å². The van der Waals surface area contributed by atoms with Crippen LogP contribution in [-0.2, 0) is 4.79 Å². The summed E-state index contributed by atoms with van der Waals surface area (Å²) in [6.45, 7) is 5.48. The summed E-state index contributed by atoms with van der Waals surface area (Å²) in [5.74, 6) is 0.0000534. The number of hydrogen-bond acceptors (Lipinski definition) is 4. The molecule has 0 radical (unpaired) electrons. The highest BCUT2D eigenvalue weighted by Gasteiger charge is 2.23. The third-order valence-electron chi connectivity index (χ3n) is 3.71. The van der Waals surface area contributed by atoms with Gasteiger partial charge in [-0.25, -0.2) is 0 Å². The SMILES string of the molecule is CCCN(CC(=O)Nc1ccc(C#N)cc1)C1CCNC1. The van der Waals surface area contributed by atoms with E-state index >= 15 is 0 Å². The molecule has 1 aromatic rings. The van der Waals surface area contributed by atoms with Crippen LogP contribution in [0, 0.1) is 11.3 Å². The summed E-state index contributed by atoms with van der Waals surface area (Å²) in [6.07, 6.45) is 2.14. The molecule has 0 bridgehead atoms. The van der Waals surface area contributed by atoms with Crippen LogP contribution < -0.4 is 10.6 Å². The fourth-order valence-corrected chi connectivity index (χ4v) is 2.64. The molecule has 1 heterocycles. The van der Waals surface area contributed by atoms with E-state index in [0.29, 0.717) is 18.2 Å². The lowest BCUT2D eigenvalue weighted by atomic mass is 10.2. The predicted molar refractivity (Wildman–Crippen MR) is 82.9 cm³/mol. The Bertz CT molecular complexity index is 500. The molecule has 1 saturated heterocycles. The Morgan fingerprint density at radius 2 is 2.24 bits per heavy atom. The minimum Gasteiger partial charge on any atom is -0.325 e. The average Bonchev–Trinajstić information content (AvgIpc) is 3.02. The van der Waals surface area contributed by atoms with Crippen molar-refractivity contribution in [3.63, 3.8) is 0 Å². The monoisotopic (exact) mass is 286 g/mol. The van der Waals surface area contributed by atoms with Gasteiger partial charge in [-0.3, -0.25) is 9.69 Å². The zero-order chi connectivity index (χ0) is 15.1. The number of hydrogen-bond donors (Lipinski definition) is 2. The van der Waals surface area contributed by atoms with Crippen molar-refractivity contribution in [1.82, 2.24) is 10.2 Å². The van der Waals surface area contributed by atoms with E-state index in [1.54, 1.807) is 24.3 Å². The molecule has 5 nitrogen and oxygen atoms in total. The van der Waals surface area contributed by atoms with E-state index in [9.17, 15) is 4.79 Å². The Labute approximate surface area is 125 Å². The van der Waals surface area contributed by atoms with Gasteiger partial charge in [-0.2, -0.15) is 5.26 Å². The van der Waals surface area contributed by atoms with Gasteiger partial charge in [0.15, 0.2) is 0 Å². The van der Waals surface area contributed by atoms with Crippen molar-refractivity contribution >= 4 is 11.6 Å². The zero-order valence-corrected chi connectivity index (χ0v) is 12.4. The maximum Gasteiger partial charge on any atom is 0.238 e. The molecule has 0 spiro atoms. The zero-order valence-electron chi connectivity index (χ0n) is 12.4. The van der Waals surface area contributed by atoms with E-state index in [-0.39, 0.29) is 5.91 Å². The summed E-state index contributed by atoms with van der Waals surface area (Å²) in [5, 5.41) is 15.0. The molecule has 2 rings (SSSR count). The molecule has 2 N–H and O–H groups in total. The Kier molecular flexibility index (Phi) is 5.73. The van der Waals surface area contributed by atoms with Gasteiger partial charge in [0, 0.05) is 18.3 Å². The molecule has 0 saturated carbocycles. The molecule has 0 aliphatic carbocycles. The van der Waals surface area contributed by atoms with Crippen LogP contribution in [-0.4, -0.2) is 43.0 Å². The standard InChI is InChI=1S/C16H22N4O/c1-2-9-20(15-7-8-18-11-15)12-16(21)19-14-5-3-13(10-17)4-6-14/h3-6,15,18H,2,7-9,11-12H2,1H3,(H,19,21). The lowest BCUT2D eigenvalue weighted by Gasteiger charge is -2.27. The van der Waals surface area contributed by atoms with Crippen molar-refractivity contribution in [3.05, 3.63) is 29.8 Å². The summed E-state index contributed by atoms with van der Waals surface area (Å²) >= 11 is 0. The van der Waals surface area contributed by atoms with Crippen molar-refractivity contribution in [2.45, 2.75) is 25.8 Å². The summed E-state index contributed by atoms with van der Waals surface area (Å²) in [4.78, 5) is 14.4. The van der Waals surface area contributed by atoms with Gasteiger partial charge in [0.1, 0.15) is 0 Å². The first-order valence-electron chi connectivity index (χ1n) is 7.47. The molecular formula is C16H22N4O. The molecule has 5 heteroatoms. The third-order valence-corrected chi connectivity index (χ3v) is 3.71. The molecule has 1 aromatic carbocycles. The summed E-state index contributed by atoms with van der Waals surface area (Å²) in [7, 11) is 0. The smallest absolute Gasteiger partial charge is 0.238 e. The fourth-order valence-electron chi connectivity index (χ4n) is 2.64. The topological polar surface area (TPSA) is 68.2 Å². The van der Waals surface area contributed by atoms with Gasteiger partial charge < -0.3 is 10.6 Å². The van der Waals surface area contributed by atoms with Crippen molar-refractivity contribution in [2.24, 2.45) is 0 Å². The second-order valence-electron chi connectivity index (χ2n) is 5.35. The van der Waals surface area contributed by atoms with Gasteiger partial charge in [0.2, 0.25) is 5.91 Å². The van der Waals surface area contributed by atoms with Crippen molar-refractivity contribution in [3.8, 4) is 6.07 Å². The second-order valence-corrected chi connectivity index (χ2v) is 5.35. The van der Waals surface area contributed by atoms with Crippen LogP contribution in [0.1, 0.15) is 25.3 Å². The van der Waals surface area contributed by atoms with Crippen LogP contribution in [0.5, 0.6) is 0 Å². The lowest BCUT2D eigenvalue weighted by Crippen LogP contribution is -2.42. The molecule has 1 aliphatic heterocycles. The number of rotatable bonds is 6. The normalized spacial score (nSPS) is 17.7. The summed E-state index contributed by atoms with van der Waals surface area (Å²) in [6, 6.07) is 9.46. The van der Waals surface area contributed by atoms with Crippen LogP contribution in [0.15, 0.2) is 24.3 Å². The van der Waals surface area contributed by atoms with Crippen LogP contribution in [0.4, 0.5) is 5.69 Å². The molecular weight excluding hydrogens is 264 g/mol. The Morgan fingerprint density at radius 3 is 2.81 bits per heavy atom. The van der Waals surface area contributed by atoms with Gasteiger partial charge in [-0.1, -0.05) is 6.92 Å². The lowest BCUT2D eigenvalue weighted by molar-refractivity contribution is -0.117.